The van der Waals surface area contributed by atoms with Crippen molar-refractivity contribution in [3.8, 4) is 0 Å². The molecule has 3 heterocycles. The molecule has 8 nitrogen and oxygen atoms in total. The van der Waals surface area contributed by atoms with Crippen LogP contribution in [0.2, 0.25) is 0 Å². The van der Waals surface area contributed by atoms with Gasteiger partial charge in [0.25, 0.3) is 5.91 Å². The Balaban J connectivity index is 1.84. The number of benzene rings is 1. The van der Waals surface area contributed by atoms with E-state index < -0.39 is 41.1 Å². The van der Waals surface area contributed by atoms with Gasteiger partial charge in [-0.15, -0.1) is 13.2 Å². The van der Waals surface area contributed by atoms with Crippen molar-refractivity contribution in [3.05, 3.63) is 54.6 Å². The van der Waals surface area contributed by atoms with Gasteiger partial charge in [-0.1, -0.05) is 45.1 Å². The molecule has 2 amide bonds. The summed E-state index contributed by atoms with van der Waals surface area (Å²) in [5, 5.41) is 10.6. The molecule has 6 atom stereocenters. The lowest BCUT2D eigenvalue weighted by atomic mass is 9.65. The van der Waals surface area contributed by atoms with Gasteiger partial charge in [0.15, 0.2) is 0 Å². The molecule has 0 aliphatic carbocycles. The molecule has 4 rings (SSSR count). The van der Waals surface area contributed by atoms with Crippen LogP contribution in [0.4, 0.5) is 5.69 Å². The standard InChI is InChI=1S/C34H48N2O6/c1-8-11-12-18-41-32(40)28-27-30(38)36(25(21-37)19-22(4)5)29(34(27)16-15-33(28,10-3)42-34)31(39)35(17-9-2)26-20-23(6)13-14-24(26)7/h8-9,13-14,20,22,25,27-29,37H,1-2,10-12,15-19,21H2,3-7H3/t25-,27+,28-,29?,33+,34?/m1/s1. The zero-order chi connectivity index (χ0) is 30.8. The highest BCUT2D eigenvalue weighted by Gasteiger charge is 2.79. The number of amides is 2. The van der Waals surface area contributed by atoms with Crippen molar-refractivity contribution >= 4 is 23.5 Å². The summed E-state index contributed by atoms with van der Waals surface area (Å²) in [6.07, 6.45) is 6.87. The van der Waals surface area contributed by atoms with Gasteiger partial charge in [0.2, 0.25) is 5.91 Å². The highest BCUT2D eigenvalue weighted by Crippen LogP contribution is 2.65. The number of aryl methyl sites for hydroxylation is 2. The summed E-state index contributed by atoms with van der Waals surface area (Å²) >= 11 is 0. The zero-order valence-corrected chi connectivity index (χ0v) is 25.9. The number of fused-ring (bicyclic) bond motifs is 1. The number of ether oxygens (including phenoxy) is 2. The Bertz CT molecular complexity index is 1210. The van der Waals surface area contributed by atoms with E-state index in [4.69, 9.17) is 9.47 Å². The maximum Gasteiger partial charge on any atom is 0.312 e. The summed E-state index contributed by atoms with van der Waals surface area (Å²) in [7, 11) is 0. The molecule has 1 spiro atoms. The van der Waals surface area contributed by atoms with Crippen molar-refractivity contribution in [2.45, 2.75) is 96.4 Å². The highest BCUT2D eigenvalue weighted by molar-refractivity contribution is 6.05. The molecular weight excluding hydrogens is 532 g/mol. The minimum absolute atomic E-state index is 0.164. The molecule has 1 aromatic rings. The van der Waals surface area contributed by atoms with Gasteiger partial charge in [-0.05, 0) is 75.5 Å². The molecule has 1 N–H and O–H groups in total. The van der Waals surface area contributed by atoms with Crippen molar-refractivity contribution < 1.29 is 29.0 Å². The fourth-order valence-corrected chi connectivity index (χ4v) is 7.59. The second-order valence-electron chi connectivity index (χ2n) is 12.7. The van der Waals surface area contributed by atoms with E-state index in [0.717, 1.165) is 23.2 Å². The number of allylic oxidation sites excluding steroid dienone is 1. The normalized spacial score (nSPS) is 28.6. The van der Waals surface area contributed by atoms with Gasteiger partial charge in [-0.25, -0.2) is 0 Å². The van der Waals surface area contributed by atoms with Crippen molar-refractivity contribution in [2.24, 2.45) is 17.8 Å². The molecule has 2 unspecified atom stereocenters. The van der Waals surface area contributed by atoms with E-state index in [1.807, 2.05) is 52.8 Å². The number of hydrogen-bond donors (Lipinski definition) is 1. The Kier molecular flexibility index (Phi) is 9.68. The van der Waals surface area contributed by atoms with E-state index in [2.05, 4.69) is 13.2 Å². The van der Waals surface area contributed by atoms with Gasteiger partial charge in [0, 0.05) is 12.2 Å². The average Bonchev–Trinajstić information content (AvgIpc) is 3.57. The summed E-state index contributed by atoms with van der Waals surface area (Å²) in [6.45, 7) is 17.8. The van der Waals surface area contributed by atoms with Gasteiger partial charge in [0.1, 0.15) is 17.6 Å². The fraction of sp³-hybridized carbons (Fsp3) is 0.618. The number of unbranched alkanes of at least 4 members (excludes halogenated alkanes) is 1. The summed E-state index contributed by atoms with van der Waals surface area (Å²) in [6, 6.07) is 4.34. The van der Waals surface area contributed by atoms with Crippen LogP contribution in [-0.4, -0.2) is 70.8 Å². The third-order valence-electron chi connectivity index (χ3n) is 9.48. The van der Waals surface area contributed by atoms with Crippen molar-refractivity contribution in [1.29, 1.82) is 0 Å². The smallest absolute Gasteiger partial charge is 0.312 e. The van der Waals surface area contributed by atoms with Gasteiger partial charge in [-0.3, -0.25) is 14.4 Å². The number of aliphatic hydroxyl groups excluding tert-OH is 1. The number of carbonyl (C=O) groups excluding carboxylic acids is 3. The van der Waals surface area contributed by atoms with Crippen LogP contribution in [0.25, 0.3) is 0 Å². The molecule has 0 radical (unpaired) electrons. The zero-order valence-electron chi connectivity index (χ0n) is 25.9. The summed E-state index contributed by atoms with van der Waals surface area (Å²) in [5.74, 6) is -2.56. The molecule has 3 saturated heterocycles. The average molecular weight is 581 g/mol. The van der Waals surface area contributed by atoms with Crippen molar-refractivity contribution in [1.82, 2.24) is 4.90 Å². The SMILES string of the molecule is C=CCCCOC(=O)[C@H]1[C@H]2C(=O)N([C@@H](CO)CC(C)C)C(C(=O)N(CC=C)c3cc(C)ccc3C)C23CC[C@]1(CC)O3. The van der Waals surface area contributed by atoms with Crippen LogP contribution < -0.4 is 4.90 Å². The predicted octanol–water partition coefficient (Wildman–Crippen LogP) is 4.89. The van der Waals surface area contributed by atoms with Crippen LogP contribution in [0.15, 0.2) is 43.5 Å². The molecule has 2 bridgehead atoms. The number of hydrogen-bond acceptors (Lipinski definition) is 6. The highest BCUT2D eigenvalue weighted by atomic mass is 16.6. The molecule has 230 valence electrons. The van der Waals surface area contributed by atoms with Crippen LogP contribution in [0.1, 0.15) is 70.4 Å². The first-order chi connectivity index (χ1) is 20.0. The Labute approximate surface area is 250 Å². The topological polar surface area (TPSA) is 96.4 Å². The molecule has 1 aromatic carbocycles. The third kappa shape index (κ3) is 5.32. The van der Waals surface area contributed by atoms with E-state index in [9.17, 15) is 19.5 Å². The number of aliphatic hydroxyl groups is 1. The van der Waals surface area contributed by atoms with E-state index in [0.29, 0.717) is 32.1 Å². The van der Waals surface area contributed by atoms with Gasteiger partial charge in [0.05, 0.1) is 30.8 Å². The Morgan fingerprint density at radius 3 is 2.60 bits per heavy atom. The summed E-state index contributed by atoms with van der Waals surface area (Å²) in [5.41, 5.74) is 0.589. The number of esters is 1. The van der Waals surface area contributed by atoms with E-state index in [-0.39, 0.29) is 37.5 Å². The van der Waals surface area contributed by atoms with Crippen molar-refractivity contribution in [3.63, 3.8) is 0 Å². The molecule has 0 aromatic heterocycles. The number of carbonyl (C=O) groups is 3. The Hall–Kier alpha value is -2.97. The van der Waals surface area contributed by atoms with E-state index in [1.54, 1.807) is 22.0 Å². The third-order valence-corrected chi connectivity index (χ3v) is 9.48. The maximum absolute atomic E-state index is 14.9. The van der Waals surface area contributed by atoms with Gasteiger partial charge in [-0.2, -0.15) is 0 Å². The minimum Gasteiger partial charge on any atom is -0.465 e. The molecule has 3 aliphatic heterocycles. The molecule has 8 heteroatoms. The molecule has 3 fully saturated rings. The largest absolute Gasteiger partial charge is 0.465 e. The van der Waals surface area contributed by atoms with Crippen LogP contribution >= 0.6 is 0 Å². The lowest BCUT2D eigenvalue weighted by Gasteiger charge is -2.40. The molecular formula is C34H48N2O6. The Morgan fingerprint density at radius 1 is 1.24 bits per heavy atom. The van der Waals surface area contributed by atoms with E-state index in [1.165, 1.54) is 0 Å². The first-order valence-electron chi connectivity index (χ1n) is 15.4. The second kappa shape index (κ2) is 12.7. The second-order valence-corrected chi connectivity index (χ2v) is 12.7. The lowest BCUT2D eigenvalue weighted by molar-refractivity contribution is -0.162. The molecule has 0 saturated carbocycles. The van der Waals surface area contributed by atoms with Gasteiger partial charge >= 0.3 is 5.97 Å². The lowest BCUT2D eigenvalue weighted by Crippen LogP contribution is -2.59. The number of rotatable bonds is 14. The minimum atomic E-state index is -1.20. The predicted molar refractivity (Wildman–Crippen MR) is 163 cm³/mol. The van der Waals surface area contributed by atoms with Crippen LogP contribution in [0.5, 0.6) is 0 Å². The quantitative estimate of drug-likeness (QED) is 0.191. The maximum atomic E-state index is 14.9. The van der Waals surface area contributed by atoms with Crippen LogP contribution in [0.3, 0.4) is 0 Å². The summed E-state index contributed by atoms with van der Waals surface area (Å²) < 4.78 is 12.6. The van der Waals surface area contributed by atoms with Crippen LogP contribution in [0, 0.1) is 31.6 Å². The Morgan fingerprint density at radius 2 is 1.98 bits per heavy atom. The first kappa shape index (κ1) is 32.0. The van der Waals surface area contributed by atoms with Crippen molar-refractivity contribution in [2.75, 3.05) is 24.7 Å². The number of nitrogens with zero attached hydrogens (tertiary/aromatic N) is 2. The summed E-state index contributed by atoms with van der Waals surface area (Å²) in [4.78, 5) is 46.5. The molecule has 42 heavy (non-hydrogen) atoms. The first-order valence-corrected chi connectivity index (χ1v) is 15.4. The van der Waals surface area contributed by atoms with Gasteiger partial charge < -0.3 is 24.4 Å². The van der Waals surface area contributed by atoms with E-state index >= 15 is 0 Å². The number of likely N-dealkylation sites (tertiary alicyclic amines) is 1. The van der Waals surface area contributed by atoms with Crippen LogP contribution in [-0.2, 0) is 23.9 Å². The molecule has 3 aliphatic rings. The monoisotopic (exact) mass is 580 g/mol. The number of anilines is 1. The fourth-order valence-electron chi connectivity index (χ4n) is 7.59.